The highest BCUT2D eigenvalue weighted by Gasteiger charge is 2.37. The zero-order valence-electron chi connectivity index (χ0n) is 10.6. The first-order valence-electron chi connectivity index (χ1n) is 5.42. The molecule has 0 fully saturated rings. The van der Waals surface area contributed by atoms with Gasteiger partial charge in [0.15, 0.2) is 0 Å². The lowest BCUT2D eigenvalue weighted by Crippen LogP contribution is -2.38. The van der Waals surface area contributed by atoms with Gasteiger partial charge >= 0.3 is 6.18 Å². The largest absolute Gasteiger partial charge is 0.417 e. The normalized spacial score (nSPS) is 13.6. The van der Waals surface area contributed by atoms with Gasteiger partial charge < -0.3 is 5.11 Å². The molecule has 0 amide bonds. The summed E-state index contributed by atoms with van der Waals surface area (Å²) in [6.45, 7) is 2.22. The lowest BCUT2D eigenvalue weighted by atomic mass is 10.1. The first kappa shape index (κ1) is 17.2. The molecule has 0 atom stereocenters. The van der Waals surface area contributed by atoms with Crippen LogP contribution in [0.2, 0.25) is 5.02 Å². The van der Waals surface area contributed by atoms with Crippen molar-refractivity contribution < 1.29 is 26.7 Å². The summed E-state index contributed by atoms with van der Waals surface area (Å²) in [5, 5.41) is 9.21. The van der Waals surface area contributed by atoms with Gasteiger partial charge in [-0.25, -0.2) is 13.1 Å². The van der Waals surface area contributed by atoms with Gasteiger partial charge in [0.25, 0.3) is 0 Å². The van der Waals surface area contributed by atoms with Crippen LogP contribution in [0.3, 0.4) is 0 Å². The van der Waals surface area contributed by atoms with Gasteiger partial charge in [-0.1, -0.05) is 11.6 Å². The van der Waals surface area contributed by atoms with E-state index >= 15 is 0 Å². The van der Waals surface area contributed by atoms with Gasteiger partial charge in [0, 0.05) is 11.6 Å². The Kier molecular flexibility index (Phi) is 4.75. The van der Waals surface area contributed by atoms with Crippen molar-refractivity contribution in [1.29, 1.82) is 0 Å². The van der Waals surface area contributed by atoms with Crippen LogP contribution in [0.5, 0.6) is 0 Å². The molecule has 0 unspecified atom stereocenters. The molecule has 0 bridgehead atoms. The average Bonchev–Trinajstić information content (AvgIpc) is 2.24. The van der Waals surface area contributed by atoms with E-state index in [1.165, 1.54) is 13.8 Å². The molecule has 1 rings (SSSR count). The van der Waals surface area contributed by atoms with Crippen LogP contribution in [0.1, 0.15) is 19.4 Å². The van der Waals surface area contributed by atoms with Gasteiger partial charge in [0.1, 0.15) is 0 Å². The molecule has 0 spiro atoms. The van der Waals surface area contributed by atoms with Crippen molar-refractivity contribution in [3.8, 4) is 0 Å². The second-order valence-corrected chi connectivity index (χ2v) is 6.95. The van der Waals surface area contributed by atoms with Crippen LogP contribution >= 0.6 is 11.6 Å². The standard InChI is InChI=1S/C11H13ClF3NO3S/c1-10(2,17)6-16-20(18,19)9-4-3-7(12)5-8(9)11(13,14)15/h3-5,16-17H,6H2,1-2H3. The molecule has 0 aliphatic rings. The number of rotatable bonds is 4. The first-order valence-corrected chi connectivity index (χ1v) is 7.28. The van der Waals surface area contributed by atoms with E-state index in [1.54, 1.807) is 0 Å². The van der Waals surface area contributed by atoms with Gasteiger partial charge in [-0.15, -0.1) is 0 Å². The maximum absolute atomic E-state index is 12.8. The molecule has 0 saturated carbocycles. The van der Waals surface area contributed by atoms with Crippen LogP contribution in [0, 0.1) is 0 Å². The van der Waals surface area contributed by atoms with Crippen molar-refractivity contribution in [3.05, 3.63) is 28.8 Å². The summed E-state index contributed by atoms with van der Waals surface area (Å²) in [5.41, 5.74) is -2.74. The van der Waals surface area contributed by atoms with Crippen LogP contribution < -0.4 is 4.72 Å². The SMILES string of the molecule is CC(C)(O)CNS(=O)(=O)c1ccc(Cl)cc1C(F)(F)F. The van der Waals surface area contributed by atoms with Crippen LogP contribution in [-0.4, -0.2) is 25.7 Å². The molecule has 0 heterocycles. The summed E-state index contributed by atoms with van der Waals surface area (Å²) in [7, 11) is -4.41. The molecule has 0 aliphatic heterocycles. The van der Waals surface area contributed by atoms with E-state index in [9.17, 15) is 26.7 Å². The Balaban J connectivity index is 3.25. The highest BCUT2D eigenvalue weighted by molar-refractivity contribution is 7.89. The molecule has 1 aromatic carbocycles. The second kappa shape index (κ2) is 5.51. The first-order chi connectivity index (χ1) is 8.83. The van der Waals surface area contributed by atoms with Crippen LogP contribution in [0.15, 0.2) is 23.1 Å². The Bertz CT molecular complexity index is 594. The summed E-state index contributed by atoms with van der Waals surface area (Å²) in [4.78, 5) is -0.932. The van der Waals surface area contributed by atoms with E-state index in [4.69, 9.17) is 11.6 Å². The molecule has 0 aromatic heterocycles. The minimum Gasteiger partial charge on any atom is -0.389 e. The fourth-order valence-electron chi connectivity index (χ4n) is 1.31. The van der Waals surface area contributed by atoms with E-state index < -0.39 is 38.8 Å². The number of halogens is 4. The maximum atomic E-state index is 12.8. The summed E-state index contributed by atoms with van der Waals surface area (Å²) in [6.07, 6.45) is -4.86. The van der Waals surface area contributed by atoms with Gasteiger partial charge in [0.2, 0.25) is 10.0 Å². The summed E-state index contributed by atoms with van der Waals surface area (Å²) < 4.78 is 64.2. The molecule has 0 radical (unpaired) electrons. The highest BCUT2D eigenvalue weighted by Crippen LogP contribution is 2.35. The monoisotopic (exact) mass is 331 g/mol. The lowest BCUT2D eigenvalue weighted by Gasteiger charge is -2.19. The number of hydrogen-bond acceptors (Lipinski definition) is 3. The molecule has 2 N–H and O–H groups in total. The van der Waals surface area contributed by atoms with Crippen molar-refractivity contribution in [2.75, 3.05) is 6.54 Å². The third-order valence-corrected chi connectivity index (χ3v) is 3.93. The zero-order chi connectivity index (χ0) is 15.8. The predicted octanol–water partition coefficient (Wildman–Crippen LogP) is 2.41. The zero-order valence-corrected chi connectivity index (χ0v) is 12.2. The van der Waals surface area contributed by atoms with Gasteiger partial charge in [0.05, 0.1) is 16.1 Å². The lowest BCUT2D eigenvalue weighted by molar-refractivity contribution is -0.139. The highest BCUT2D eigenvalue weighted by atomic mass is 35.5. The Morgan fingerprint density at radius 1 is 1.30 bits per heavy atom. The Hall–Kier alpha value is -0.830. The van der Waals surface area contributed by atoms with E-state index in [0.717, 1.165) is 12.1 Å². The quantitative estimate of drug-likeness (QED) is 0.890. The topological polar surface area (TPSA) is 66.4 Å². The minimum absolute atomic E-state index is 0.223. The Labute approximate surface area is 119 Å². The van der Waals surface area contributed by atoms with E-state index in [2.05, 4.69) is 0 Å². The molecule has 4 nitrogen and oxygen atoms in total. The van der Waals surface area contributed by atoms with Crippen LogP contribution in [0.4, 0.5) is 13.2 Å². The Morgan fingerprint density at radius 2 is 1.85 bits per heavy atom. The average molecular weight is 332 g/mol. The van der Waals surface area contributed by atoms with Crippen molar-refractivity contribution in [2.24, 2.45) is 0 Å². The van der Waals surface area contributed by atoms with E-state index in [0.29, 0.717) is 6.07 Å². The third-order valence-electron chi connectivity index (χ3n) is 2.23. The molecular weight excluding hydrogens is 319 g/mol. The van der Waals surface area contributed by atoms with Crippen molar-refractivity contribution >= 4 is 21.6 Å². The third kappa shape index (κ3) is 4.62. The van der Waals surface area contributed by atoms with E-state index in [-0.39, 0.29) is 5.02 Å². The smallest absolute Gasteiger partial charge is 0.389 e. The second-order valence-electron chi connectivity index (χ2n) is 4.78. The number of alkyl halides is 3. The molecule has 0 saturated heterocycles. The van der Waals surface area contributed by atoms with Gasteiger partial charge in [-0.3, -0.25) is 0 Å². The van der Waals surface area contributed by atoms with Crippen LogP contribution in [0.25, 0.3) is 0 Å². The van der Waals surface area contributed by atoms with Crippen molar-refractivity contribution in [1.82, 2.24) is 4.72 Å². The maximum Gasteiger partial charge on any atom is 0.417 e. The number of nitrogens with one attached hydrogen (secondary N) is 1. The summed E-state index contributed by atoms with van der Waals surface area (Å²) in [5.74, 6) is 0. The molecular formula is C11H13ClF3NO3S. The fraction of sp³-hybridized carbons (Fsp3) is 0.455. The van der Waals surface area contributed by atoms with Gasteiger partial charge in [-0.2, -0.15) is 13.2 Å². The number of hydrogen-bond donors (Lipinski definition) is 2. The minimum atomic E-state index is -4.86. The summed E-state index contributed by atoms with van der Waals surface area (Å²) in [6, 6.07) is 2.37. The Morgan fingerprint density at radius 3 is 2.30 bits per heavy atom. The molecule has 114 valence electrons. The predicted molar refractivity (Wildman–Crippen MR) is 67.9 cm³/mol. The fourth-order valence-corrected chi connectivity index (χ4v) is 2.89. The van der Waals surface area contributed by atoms with Crippen molar-refractivity contribution in [3.63, 3.8) is 0 Å². The number of sulfonamides is 1. The number of benzene rings is 1. The molecule has 20 heavy (non-hydrogen) atoms. The van der Waals surface area contributed by atoms with E-state index in [1.807, 2.05) is 4.72 Å². The molecule has 1 aromatic rings. The van der Waals surface area contributed by atoms with Crippen molar-refractivity contribution in [2.45, 2.75) is 30.5 Å². The number of aliphatic hydroxyl groups is 1. The summed E-state index contributed by atoms with van der Waals surface area (Å²) >= 11 is 5.47. The van der Waals surface area contributed by atoms with Crippen LogP contribution in [-0.2, 0) is 16.2 Å². The molecule has 0 aliphatic carbocycles. The molecule has 9 heteroatoms. The van der Waals surface area contributed by atoms with Gasteiger partial charge in [-0.05, 0) is 32.0 Å².